The minimum absolute atomic E-state index is 0.0312. The molecule has 0 aliphatic carbocycles. The number of carbonyl (C=O) groups is 1. The summed E-state index contributed by atoms with van der Waals surface area (Å²) in [6.07, 6.45) is -6.40. The number of fused-ring (bicyclic) bond motifs is 1. The van der Waals surface area contributed by atoms with Crippen molar-refractivity contribution in [1.29, 1.82) is 0 Å². The molecule has 1 aliphatic rings. The molecule has 0 bridgehead atoms. The standard InChI is InChI=1S/C25H18F6N6O2/c1-14-9-19(25(29,30)31)35-37(14)17-6-4-15(5-7-17)12-36-20(38)10-16-11-33-21(34-22(16)36)18-3-2-8-32-23(18)39-13-24(26,27)28/h2-9,11H,10,12-13H2,1H3. The molecule has 1 amide bonds. The molecule has 8 nitrogen and oxygen atoms in total. The van der Waals surface area contributed by atoms with Gasteiger partial charge in [-0.2, -0.15) is 31.4 Å². The zero-order valence-electron chi connectivity index (χ0n) is 20.1. The molecular weight excluding hydrogens is 530 g/mol. The van der Waals surface area contributed by atoms with Crippen LogP contribution in [0, 0.1) is 6.92 Å². The van der Waals surface area contributed by atoms with E-state index in [4.69, 9.17) is 4.74 Å². The van der Waals surface area contributed by atoms with E-state index in [1.807, 2.05) is 0 Å². The molecule has 0 saturated heterocycles. The van der Waals surface area contributed by atoms with E-state index in [1.54, 1.807) is 24.3 Å². The minimum atomic E-state index is -4.57. The molecule has 0 radical (unpaired) electrons. The maximum Gasteiger partial charge on any atom is 0.435 e. The molecule has 14 heteroatoms. The van der Waals surface area contributed by atoms with E-state index in [-0.39, 0.29) is 42.0 Å². The van der Waals surface area contributed by atoms with E-state index >= 15 is 0 Å². The summed E-state index contributed by atoms with van der Waals surface area (Å²) in [5, 5.41) is 3.63. The lowest BCUT2D eigenvalue weighted by Gasteiger charge is -2.18. The van der Waals surface area contributed by atoms with Gasteiger partial charge in [-0.1, -0.05) is 12.1 Å². The van der Waals surface area contributed by atoms with Gasteiger partial charge < -0.3 is 4.74 Å². The Morgan fingerprint density at radius 2 is 1.77 bits per heavy atom. The van der Waals surface area contributed by atoms with Crippen LogP contribution in [0.25, 0.3) is 17.1 Å². The van der Waals surface area contributed by atoms with Crippen molar-refractivity contribution in [2.24, 2.45) is 0 Å². The van der Waals surface area contributed by atoms with Crippen molar-refractivity contribution in [3.8, 4) is 23.0 Å². The van der Waals surface area contributed by atoms with Crippen LogP contribution in [0.3, 0.4) is 0 Å². The van der Waals surface area contributed by atoms with Gasteiger partial charge in [-0.3, -0.25) is 9.69 Å². The number of halogens is 6. The predicted octanol–water partition coefficient (Wildman–Crippen LogP) is 5.08. The first kappa shape index (κ1) is 26.1. The predicted molar refractivity (Wildman–Crippen MR) is 125 cm³/mol. The van der Waals surface area contributed by atoms with Crippen molar-refractivity contribution in [2.45, 2.75) is 32.2 Å². The molecule has 1 aliphatic heterocycles. The van der Waals surface area contributed by atoms with Crippen LogP contribution < -0.4 is 9.64 Å². The summed E-state index contributed by atoms with van der Waals surface area (Å²) in [5.74, 6) is -0.247. The molecule has 202 valence electrons. The summed E-state index contributed by atoms with van der Waals surface area (Å²) >= 11 is 0. The zero-order valence-corrected chi connectivity index (χ0v) is 20.1. The summed E-state index contributed by atoms with van der Waals surface area (Å²) in [5.41, 5.74) is 1.04. The normalized spacial score (nSPS) is 13.6. The first-order valence-corrected chi connectivity index (χ1v) is 11.4. The number of hydrogen-bond donors (Lipinski definition) is 0. The first-order valence-electron chi connectivity index (χ1n) is 11.4. The molecule has 0 unspecified atom stereocenters. The highest BCUT2D eigenvalue weighted by atomic mass is 19.4. The number of carbonyl (C=O) groups excluding carboxylic acids is 1. The van der Waals surface area contributed by atoms with E-state index in [0.717, 1.165) is 6.07 Å². The van der Waals surface area contributed by atoms with E-state index in [9.17, 15) is 31.1 Å². The lowest BCUT2D eigenvalue weighted by atomic mass is 10.2. The van der Waals surface area contributed by atoms with Crippen LogP contribution >= 0.6 is 0 Å². The Bertz CT molecular complexity index is 1530. The molecule has 39 heavy (non-hydrogen) atoms. The molecule has 0 spiro atoms. The number of ether oxygens (including phenoxy) is 1. The molecular formula is C25H18F6N6O2. The number of aromatic nitrogens is 5. The number of pyridine rings is 1. The molecule has 0 fully saturated rings. The van der Waals surface area contributed by atoms with Crippen LogP contribution in [-0.4, -0.2) is 43.4 Å². The van der Waals surface area contributed by atoms with Gasteiger partial charge in [0.15, 0.2) is 18.1 Å². The second kappa shape index (κ2) is 9.67. The van der Waals surface area contributed by atoms with E-state index < -0.39 is 24.7 Å². The van der Waals surface area contributed by atoms with Crippen LogP contribution in [-0.2, 0) is 23.9 Å². The van der Waals surface area contributed by atoms with Gasteiger partial charge in [-0.15, -0.1) is 0 Å². The fraction of sp³-hybridized carbons (Fsp3) is 0.240. The summed E-state index contributed by atoms with van der Waals surface area (Å²) in [4.78, 5) is 26.7. The average molecular weight is 548 g/mol. The van der Waals surface area contributed by atoms with E-state index in [1.165, 1.54) is 41.0 Å². The zero-order chi connectivity index (χ0) is 27.9. The molecule has 5 rings (SSSR count). The summed E-state index contributed by atoms with van der Waals surface area (Å²) in [6, 6.07) is 10.4. The maximum absolute atomic E-state index is 13.0. The lowest BCUT2D eigenvalue weighted by molar-refractivity contribution is -0.154. The van der Waals surface area contributed by atoms with Crippen LogP contribution in [0.4, 0.5) is 32.2 Å². The highest BCUT2D eigenvalue weighted by molar-refractivity contribution is 6.00. The Balaban J connectivity index is 1.39. The lowest BCUT2D eigenvalue weighted by Crippen LogP contribution is -2.26. The third kappa shape index (κ3) is 5.54. The van der Waals surface area contributed by atoms with Crippen molar-refractivity contribution in [1.82, 2.24) is 24.7 Å². The smallest absolute Gasteiger partial charge is 0.435 e. The van der Waals surface area contributed by atoms with Crippen molar-refractivity contribution in [3.05, 3.63) is 77.4 Å². The van der Waals surface area contributed by atoms with Crippen LogP contribution in [0.5, 0.6) is 5.88 Å². The first-order chi connectivity index (χ1) is 18.4. The Kier molecular flexibility index (Phi) is 6.48. The van der Waals surface area contributed by atoms with Crippen LogP contribution in [0.2, 0.25) is 0 Å². The quantitative estimate of drug-likeness (QED) is 0.313. The third-order valence-electron chi connectivity index (χ3n) is 5.82. The Hall–Kier alpha value is -4.49. The van der Waals surface area contributed by atoms with Gasteiger partial charge in [0.1, 0.15) is 5.82 Å². The number of benzene rings is 1. The summed E-state index contributed by atoms with van der Waals surface area (Å²) < 4.78 is 83.0. The second-order valence-electron chi connectivity index (χ2n) is 8.71. The van der Waals surface area contributed by atoms with Crippen LogP contribution in [0.1, 0.15) is 22.5 Å². The van der Waals surface area contributed by atoms with Gasteiger partial charge in [-0.25, -0.2) is 19.6 Å². The Labute approximate surface area is 216 Å². The van der Waals surface area contributed by atoms with Gasteiger partial charge in [0, 0.05) is 23.7 Å². The molecule has 0 atom stereocenters. The van der Waals surface area contributed by atoms with E-state index in [0.29, 0.717) is 22.5 Å². The number of nitrogens with zero attached hydrogens (tertiary/aromatic N) is 6. The number of rotatable bonds is 6. The van der Waals surface area contributed by atoms with Crippen molar-refractivity contribution in [3.63, 3.8) is 0 Å². The van der Waals surface area contributed by atoms with Crippen molar-refractivity contribution >= 4 is 11.7 Å². The highest BCUT2D eigenvalue weighted by Gasteiger charge is 2.35. The van der Waals surface area contributed by atoms with Gasteiger partial charge in [0.05, 0.1) is 24.2 Å². The summed E-state index contributed by atoms with van der Waals surface area (Å²) in [6.45, 7) is 0.0617. The topological polar surface area (TPSA) is 86.0 Å². The molecule has 1 aromatic carbocycles. The average Bonchev–Trinajstić information content (AvgIpc) is 3.42. The molecule has 0 N–H and O–H groups in total. The maximum atomic E-state index is 13.0. The third-order valence-corrected chi connectivity index (χ3v) is 5.82. The highest BCUT2D eigenvalue weighted by Crippen LogP contribution is 2.33. The number of hydrogen-bond acceptors (Lipinski definition) is 6. The molecule has 0 saturated carbocycles. The van der Waals surface area contributed by atoms with E-state index in [2.05, 4.69) is 20.1 Å². The SMILES string of the molecule is Cc1cc(C(F)(F)F)nn1-c1ccc(CN2C(=O)Cc3cnc(-c4cccnc4OCC(F)(F)F)nc32)cc1. The number of amides is 1. The Morgan fingerprint density at radius 1 is 1.03 bits per heavy atom. The monoisotopic (exact) mass is 548 g/mol. The van der Waals surface area contributed by atoms with Gasteiger partial charge in [0.2, 0.25) is 11.8 Å². The molecule has 3 aromatic heterocycles. The van der Waals surface area contributed by atoms with Gasteiger partial charge in [-0.05, 0) is 42.8 Å². The van der Waals surface area contributed by atoms with Crippen molar-refractivity contribution in [2.75, 3.05) is 11.5 Å². The molecule has 4 heterocycles. The van der Waals surface area contributed by atoms with Crippen molar-refractivity contribution < 1.29 is 35.9 Å². The fourth-order valence-corrected chi connectivity index (χ4v) is 4.05. The largest absolute Gasteiger partial charge is 0.467 e. The number of anilines is 1. The Morgan fingerprint density at radius 3 is 2.44 bits per heavy atom. The number of aryl methyl sites for hydroxylation is 1. The number of alkyl halides is 6. The van der Waals surface area contributed by atoms with Gasteiger partial charge >= 0.3 is 12.4 Å². The van der Waals surface area contributed by atoms with Gasteiger partial charge in [0.25, 0.3) is 0 Å². The molecule has 4 aromatic rings. The fourth-order valence-electron chi connectivity index (χ4n) is 4.05. The summed E-state index contributed by atoms with van der Waals surface area (Å²) in [7, 11) is 0. The van der Waals surface area contributed by atoms with Crippen LogP contribution in [0.15, 0.2) is 54.9 Å². The second-order valence-corrected chi connectivity index (χ2v) is 8.71. The minimum Gasteiger partial charge on any atom is -0.467 e.